The van der Waals surface area contributed by atoms with Gasteiger partial charge in [0, 0.05) is 36.5 Å². The number of carbonyl (C=O) groups is 3. The van der Waals surface area contributed by atoms with Crippen LogP contribution in [0.4, 0.5) is 0 Å². The molecule has 3 amide bonds. The predicted octanol–water partition coefficient (Wildman–Crippen LogP) is 20.2. The molecule has 1 aliphatic heterocycles. The molecule has 0 aromatic heterocycles. The Hall–Kier alpha value is -0.540. The number of hydrogen-bond acceptors (Lipinski definition) is 6. The van der Waals surface area contributed by atoms with E-state index in [4.69, 9.17) is 0 Å². The molecule has 0 bridgehead atoms. The van der Waals surface area contributed by atoms with Crippen LogP contribution in [-0.2, 0) is 14.4 Å². The van der Waals surface area contributed by atoms with Crippen LogP contribution in [0.2, 0.25) is 0 Å². The van der Waals surface area contributed by atoms with Crippen molar-refractivity contribution in [2.75, 3.05) is 54.5 Å². The lowest BCUT2D eigenvalue weighted by Gasteiger charge is -2.59. The smallest absolute Gasteiger partial charge is 0.226 e. The van der Waals surface area contributed by atoms with Gasteiger partial charge in [0.05, 0.1) is 20.0 Å². The van der Waals surface area contributed by atoms with Crippen LogP contribution in [-0.4, -0.2) is 86.9 Å². The Morgan fingerprint density at radius 3 is 0.562 bits per heavy atom. The molecule has 1 saturated heterocycles. The molecule has 9 heteroatoms. The molecule has 0 radical (unpaired) electrons. The van der Waals surface area contributed by atoms with E-state index in [9.17, 15) is 14.4 Å². The van der Waals surface area contributed by atoms with E-state index in [1.165, 1.54) is 12.8 Å². The molecule has 458 valence electrons. The fourth-order valence-corrected chi connectivity index (χ4v) is 22.0. The minimum atomic E-state index is 0.0112. The van der Waals surface area contributed by atoms with Crippen molar-refractivity contribution in [3.8, 4) is 0 Å². The third-order valence-electron chi connectivity index (χ3n) is 26.9. The van der Waals surface area contributed by atoms with Gasteiger partial charge in [-0.05, 0) is 297 Å². The quantitative estimate of drug-likeness (QED) is 0.182. The van der Waals surface area contributed by atoms with E-state index >= 15 is 0 Å². The number of rotatable bonds is 12. The Balaban J connectivity index is 0.000000228. The summed E-state index contributed by atoms with van der Waals surface area (Å²) in [5.41, 5.74) is 7.02. The summed E-state index contributed by atoms with van der Waals surface area (Å²) in [6.07, 6.45) is 68.6. The lowest BCUT2D eigenvalue weighted by molar-refractivity contribution is -0.158. The SMILES string of the molecule is C1CCC2(CC1)CCC1(CC2)CCC2(CC1)CCC1(CC2)CCC2(CC1)CCC1(CCC3(CCC4(CCC5(CCCCC5)CC4)CC3)CC1)CC2.CC.CCSCCC(=O)N1CN(C(=O)CCSCC)CN(C(=O)CCSCC)C1. The van der Waals surface area contributed by atoms with Gasteiger partial charge in [-0.1, -0.05) is 73.1 Å². The van der Waals surface area contributed by atoms with E-state index < -0.39 is 0 Å². The summed E-state index contributed by atoms with van der Waals surface area (Å²) in [6.45, 7) is 11.1. The summed E-state index contributed by atoms with van der Waals surface area (Å²) in [5.74, 6) is 5.29. The Morgan fingerprint density at radius 2 is 0.412 bits per heavy atom. The molecule has 6 nitrogen and oxygen atoms in total. The second kappa shape index (κ2) is 28.5. The second-order valence-electron chi connectivity index (χ2n) is 30.7. The molecule has 0 N–H and O–H groups in total. The van der Waals surface area contributed by atoms with Crippen LogP contribution < -0.4 is 0 Å². The van der Waals surface area contributed by atoms with Gasteiger partial charge in [0.25, 0.3) is 0 Å². The maximum atomic E-state index is 12.6. The van der Waals surface area contributed by atoms with Crippen molar-refractivity contribution >= 4 is 53.0 Å². The number of thioether (sulfide) groups is 3. The van der Waals surface area contributed by atoms with Crippen molar-refractivity contribution in [2.45, 2.75) is 324 Å². The minimum absolute atomic E-state index is 0.0112. The maximum absolute atomic E-state index is 12.6. The molecule has 0 aromatic carbocycles. The fourth-order valence-electron chi connectivity index (χ4n) is 20.2. The zero-order valence-electron chi connectivity index (χ0n) is 53.0. The molecule has 0 atom stereocenters. The first-order valence-electron chi connectivity index (χ1n) is 35.3. The third-order valence-corrected chi connectivity index (χ3v) is 29.6. The Kier molecular flexibility index (Phi) is 22.8. The molecule has 80 heavy (non-hydrogen) atoms. The van der Waals surface area contributed by atoms with Crippen molar-refractivity contribution in [3.05, 3.63) is 0 Å². The first-order chi connectivity index (χ1) is 38.8. The summed E-state index contributed by atoms with van der Waals surface area (Å²) >= 11 is 5.18. The van der Waals surface area contributed by atoms with Crippen molar-refractivity contribution in [1.29, 1.82) is 0 Å². The van der Waals surface area contributed by atoms with Crippen LogP contribution in [0.5, 0.6) is 0 Å². The average molecular weight is 1160 g/mol. The lowest BCUT2D eigenvalue weighted by Crippen LogP contribution is -2.59. The van der Waals surface area contributed by atoms with Crippen molar-refractivity contribution < 1.29 is 14.4 Å². The van der Waals surface area contributed by atoms with Crippen LogP contribution in [0.25, 0.3) is 0 Å². The van der Waals surface area contributed by atoms with E-state index in [-0.39, 0.29) is 17.7 Å². The van der Waals surface area contributed by atoms with Gasteiger partial charge >= 0.3 is 0 Å². The molecule has 0 unspecified atom stereocenters. The highest BCUT2D eigenvalue weighted by atomic mass is 32.2. The van der Waals surface area contributed by atoms with Crippen molar-refractivity contribution in [2.24, 2.45) is 48.7 Å². The molecule has 9 spiro atoms. The van der Waals surface area contributed by atoms with Gasteiger partial charge in [-0.3, -0.25) is 14.4 Å². The van der Waals surface area contributed by atoms with E-state index in [1.807, 2.05) is 13.8 Å². The molecule has 10 aliphatic carbocycles. The highest BCUT2D eigenvalue weighted by Crippen LogP contribution is 2.68. The highest BCUT2D eigenvalue weighted by molar-refractivity contribution is 7.99. The Labute approximate surface area is 505 Å². The Bertz CT molecular complexity index is 1720. The first-order valence-corrected chi connectivity index (χ1v) is 38.8. The van der Waals surface area contributed by atoms with Crippen LogP contribution >= 0.6 is 35.3 Å². The van der Waals surface area contributed by atoms with Gasteiger partial charge in [-0.15, -0.1) is 0 Å². The van der Waals surface area contributed by atoms with E-state index in [0.29, 0.717) is 39.3 Å². The molecule has 1 heterocycles. The van der Waals surface area contributed by atoms with E-state index in [2.05, 4.69) is 20.8 Å². The Morgan fingerprint density at radius 1 is 0.263 bits per heavy atom. The minimum Gasteiger partial charge on any atom is -0.307 e. The van der Waals surface area contributed by atoms with Crippen LogP contribution in [0.3, 0.4) is 0 Å². The number of amides is 3. The summed E-state index contributed by atoms with van der Waals surface area (Å²) in [6, 6.07) is 0. The number of hydrogen-bond donors (Lipinski definition) is 0. The number of nitrogens with zero attached hydrogens (tertiary/aromatic N) is 3. The summed E-state index contributed by atoms with van der Waals surface area (Å²) < 4.78 is 0. The average Bonchev–Trinajstić information content (AvgIpc) is 3.53. The highest BCUT2D eigenvalue weighted by Gasteiger charge is 2.55. The molecule has 10 saturated carbocycles. The first kappa shape index (κ1) is 63.9. The van der Waals surface area contributed by atoms with Crippen molar-refractivity contribution in [3.63, 3.8) is 0 Å². The largest absolute Gasteiger partial charge is 0.307 e. The maximum Gasteiger partial charge on any atom is 0.226 e. The van der Waals surface area contributed by atoms with Gasteiger partial charge in [0.2, 0.25) is 17.7 Å². The summed E-state index contributed by atoms with van der Waals surface area (Å²) in [4.78, 5) is 42.6. The summed E-state index contributed by atoms with van der Waals surface area (Å²) in [5, 5.41) is 0. The predicted molar refractivity (Wildman–Crippen MR) is 345 cm³/mol. The van der Waals surface area contributed by atoms with Crippen LogP contribution in [0.1, 0.15) is 324 Å². The van der Waals surface area contributed by atoms with Gasteiger partial charge < -0.3 is 14.7 Å². The fraction of sp³-hybridized carbons (Fsp3) is 0.958. The number of carbonyl (C=O) groups excluding carboxylic acids is 3. The molecule has 11 rings (SSSR count). The molecule has 11 fully saturated rings. The normalized spacial score (nSPS) is 28.4. The van der Waals surface area contributed by atoms with Gasteiger partial charge in [0.1, 0.15) is 0 Å². The molecule has 0 aromatic rings. The summed E-state index contributed by atoms with van der Waals surface area (Å²) in [7, 11) is 0. The topological polar surface area (TPSA) is 60.9 Å². The molecular weight excluding hydrogens is 1040 g/mol. The second-order valence-corrected chi connectivity index (χ2v) is 34.9. The lowest BCUT2D eigenvalue weighted by atomic mass is 9.46. The third kappa shape index (κ3) is 15.6. The van der Waals surface area contributed by atoms with Crippen molar-refractivity contribution in [1.82, 2.24) is 14.7 Å². The van der Waals surface area contributed by atoms with Crippen LogP contribution in [0, 0.1) is 48.7 Å². The van der Waals surface area contributed by atoms with E-state index in [1.54, 1.807) is 307 Å². The molecule has 11 aliphatic rings. The standard InChI is InChI=1S/C51H84.C18H33N3O3S3.C2H6/c1-3-7-43(8-4-1)11-15-45(16-12-43)19-23-47(24-20-45)27-31-49(32-28-47)35-39-51(40-36-49)41-37-50(38-42-51)33-29-48(30-34-50)25-21-46(22-26-48)17-13-44(14-18-46)9-5-2-6-10-44;1-4-25-10-7-16(22)19-13-20(17(23)8-11-26-5-2)15-21(14-19)18(24)9-12-27-6-3;1-2/h1-42H2;4-15H2,1-3H3;1-2H3. The van der Waals surface area contributed by atoms with Gasteiger partial charge in [-0.2, -0.15) is 35.3 Å². The van der Waals surface area contributed by atoms with Gasteiger partial charge in [0.15, 0.2) is 0 Å². The van der Waals surface area contributed by atoms with Crippen LogP contribution in [0.15, 0.2) is 0 Å². The zero-order chi connectivity index (χ0) is 56.3. The zero-order valence-corrected chi connectivity index (χ0v) is 55.4. The van der Waals surface area contributed by atoms with Gasteiger partial charge in [-0.25, -0.2) is 0 Å². The monoisotopic (exact) mass is 1160 g/mol. The van der Waals surface area contributed by atoms with E-state index in [0.717, 1.165) is 83.3 Å². The molecular formula is C71H123N3O3S3.